The molecular formula is C17H24N2O2. The van der Waals surface area contributed by atoms with E-state index in [2.05, 4.69) is 11.4 Å². The first-order valence-corrected chi connectivity index (χ1v) is 8.06. The summed E-state index contributed by atoms with van der Waals surface area (Å²) in [6.45, 7) is 3.19. The highest BCUT2D eigenvalue weighted by Crippen LogP contribution is 2.26. The van der Waals surface area contributed by atoms with E-state index in [1.165, 1.54) is 18.4 Å². The zero-order valence-electron chi connectivity index (χ0n) is 12.5. The molecule has 0 radical (unpaired) electrons. The molecule has 2 heterocycles. The second kappa shape index (κ2) is 6.83. The Hall–Kier alpha value is -1.71. The van der Waals surface area contributed by atoms with Gasteiger partial charge in [-0.25, -0.2) is 4.79 Å². The number of rotatable bonds is 2. The van der Waals surface area contributed by atoms with Crippen LogP contribution in [0.3, 0.4) is 0 Å². The van der Waals surface area contributed by atoms with Crippen molar-refractivity contribution in [1.29, 1.82) is 0 Å². The van der Waals surface area contributed by atoms with Gasteiger partial charge in [0.15, 0.2) is 0 Å². The van der Waals surface area contributed by atoms with Crippen molar-refractivity contribution in [3.8, 4) is 5.75 Å². The van der Waals surface area contributed by atoms with E-state index in [1.807, 2.05) is 23.1 Å². The van der Waals surface area contributed by atoms with E-state index >= 15 is 0 Å². The van der Waals surface area contributed by atoms with E-state index in [4.69, 9.17) is 4.74 Å². The van der Waals surface area contributed by atoms with E-state index in [0.717, 1.165) is 38.1 Å². The van der Waals surface area contributed by atoms with Gasteiger partial charge in [-0.3, -0.25) is 0 Å². The molecule has 2 aliphatic rings. The molecular weight excluding hydrogens is 264 g/mol. The number of carbonyl (C=O) groups excluding carboxylic acids is 1. The summed E-state index contributed by atoms with van der Waals surface area (Å²) in [7, 11) is 0. The highest BCUT2D eigenvalue weighted by atomic mass is 16.5. The molecule has 1 atom stereocenters. The Bertz CT molecular complexity index is 481. The van der Waals surface area contributed by atoms with Gasteiger partial charge in [-0.15, -0.1) is 0 Å². The molecule has 0 aromatic heterocycles. The number of nitrogens with one attached hydrogen (secondary N) is 1. The minimum Gasteiger partial charge on any atom is -0.493 e. The van der Waals surface area contributed by atoms with Gasteiger partial charge in [-0.1, -0.05) is 31.0 Å². The van der Waals surface area contributed by atoms with Crippen LogP contribution in [0.25, 0.3) is 0 Å². The van der Waals surface area contributed by atoms with E-state index in [1.54, 1.807) is 0 Å². The van der Waals surface area contributed by atoms with Crippen molar-refractivity contribution < 1.29 is 9.53 Å². The highest BCUT2D eigenvalue weighted by Gasteiger charge is 2.21. The standard InChI is InChI=1S/C17H24N2O2/c20-17(19-9-5-1-2-6-10-19)18-12-14-11-15-7-3-4-8-16(15)21-13-14/h3-4,7-8,14H,1-2,5-6,9-13H2,(H,18,20). The Labute approximate surface area is 126 Å². The monoisotopic (exact) mass is 288 g/mol. The van der Waals surface area contributed by atoms with Crippen LogP contribution in [0.1, 0.15) is 31.2 Å². The van der Waals surface area contributed by atoms with Crippen molar-refractivity contribution in [2.75, 3.05) is 26.2 Å². The highest BCUT2D eigenvalue weighted by molar-refractivity contribution is 5.74. The number of hydrogen-bond donors (Lipinski definition) is 1. The number of nitrogens with zero attached hydrogens (tertiary/aromatic N) is 1. The number of urea groups is 1. The van der Waals surface area contributed by atoms with Gasteiger partial charge in [0.25, 0.3) is 0 Å². The van der Waals surface area contributed by atoms with Gasteiger partial charge in [0.1, 0.15) is 5.75 Å². The SMILES string of the molecule is O=C(NCC1COc2ccccc2C1)N1CCCCCC1. The first-order chi connectivity index (χ1) is 10.3. The maximum absolute atomic E-state index is 12.2. The third kappa shape index (κ3) is 3.69. The molecule has 4 nitrogen and oxygen atoms in total. The summed E-state index contributed by atoms with van der Waals surface area (Å²) in [5, 5.41) is 3.09. The smallest absolute Gasteiger partial charge is 0.317 e. The molecule has 1 fully saturated rings. The lowest BCUT2D eigenvalue weighted by atomic mass is 9.97. The second-order valence-electron chi connectivity index (χ2n) is 6.08. The van der Waals surface area contributed by atoms with Crippen molar-refractivity contribution in [1.82, 2.24) is 10.2 Å². The summed E-state index contributed by atoms with van der Waals surface area (Å²) >= 11 is 0. The lowest BCUT2D eigenvalue weighted by Gasteiger charge is -2.27. The second-order valence-corrected chi connectivity index (χ2v) is 6.08. The molecule has 2 aliphatic heterocycles. The molecule has 21 heavy (non-hydrogen) atoms. The van der Waals surface area contributed by atoms with E-state index in [0.29, 0.717) is 19.1 Å². The summed E-state index contributed by atoms with van der Waals surface area (Å²) in [5.41, 5.74) is 1.25. The number of benzene rings is 1. The summed E-state index contributed by atoms with van der Waals surface area (Å²) in [4.78, 5) is 14.2. The Morgan fingerprint density at radius 1 is 1.19 bits per heavy atom. The van der Waals surface area contributed by atoms with Crippen molar-refractivity contribution in [3.05, 3.63) is 29.8 Å². The topological polar surface area (TPSA) is 41.6 Å². The Morgan fingerprint density at radius 3 is 2.76 bits per heavy atom. The fraction of sp³-hybridized carbons (Fsp3) is 0.588. The molecule has 0 saturated carbocycles. The van der Waals surface area contributed by atoms with Crippen molar-refractivity contribution in [3.63, 3.8) is 0 Å². The summed E-state index contributed by atoms with van der Waals surface area (Å²) in [6, 6.07) is 8.26. The molecule has 1 aromatic carbocycles. The molecule has 0 bridgehead atoms. The van der Waals surface area contributed by atoms with Crippen molar-refractivity contribution >= 4 is 6.03 Å². The molecule has 2 amide bonds. The van der Waals surface area contributed by atoms with Crippen molar-refractivity contribution in [2.45, 2.75) is 32.1 Å². The fourth-order valence-corrected chi connectivity index (χ4v) is 3.14. The first-order valence-electron chi connectivity index (χ1n) is 8.06. The van der Waals surface area contributed by atoms with Gasteiger partial charge in [0.05, 0.1) is 6.61 Å². The van der Waals surface area contributed by atoms with Crippen LogP contribution in [-0.2, 0) is 6.42 Å². The Balaban J connectivity index is 1.48. The summed E-state index contributed by atoms with van der Waals surface area (Å²) < 4.78 is 5.77. The fourth-order valence-electron chi connectivity index (χ4n) is 3.14. The molecule has 0 spiro atoms. The van der Waals surface area contributed by atoms with Gasteiger partial charge < -0.3 is 15.0 Å². The van der Waals surface area contributed by atoms with E-state index < -0.39 is 0 Å². The largest absolute Gasteiger partial charge is 0.493 e. The average molecular weight is 288 g/mol. The first kappa shape index (κ1) is 14.2. The number of para-hydroxylation sites is 1. The molecule has 1 aromatic rings. The summed E-state index contributed by atoms with van der Waals surface area (Å²) in [5.74, 6) is 1.36. The van der Waals surface area contributed by atoms with Crippen LogP contribution < -0.4 is 10.1 Å². The molecule has 0 aliphatic carbocycles. The molecule has 3 rings (SSSR count). The van der Waals surface area contributed by atoms with Crippen LogP contribution in [0.5, 0.6) is 5.75 Å². The summed E-state index contributed by atoms with van der Waals surface area (Å²) in [6.07, 6.45) is 5.74. The van der Waals surface area contributed by atoms with Gasteiger partial charge in [0, 0.05) is 25.6 Å². The number of ether oxygens (including phenoxy) is 1. The minimum absolute atomic E-state index is 0.0933. The molecule has 1 unspecified atom stereocenters. The molecule has 1 N–H and O–H groups in total. The number of fused-ring (bicyclic) bond motifs is 1. The number of carbonyl (C=O) groups is 1. The van der Waals surface area contributed by atoms with Gasteiger partial charge >= 0.3 is 6.03 Å². The van der Waals surface area contributed by atoms with Crippen molar-refractivity contribution in [2.24, 2.45) is 5.92 Å². The normalized spacial score (nSPS) is 21.9. The van der Waals surface area contributed by atoms with Gasteiger partial charge in [-0.05, 0) is 30.9 Å². The number of hydrogen-bond acceptors (Lipinski definition) is 2. The maximum atomic E-state index is 12.2. The number of likely N-dealkylation sites (tertiary alicyclic amines) is 1. The van der Waals surface area contributed by atoms with Gasteiger partial charge in [-0.2, -0.15) is 0 Å². The molecule has 4 heteroatoms. The zero-order chi connectivity index (χ0) is 14.5. The predicted molar refractivity (Wildman–Crippen MR) is 82.6 cm³/mol. The van der Waals surface area contributed by atoms with E-state index in [9.17, 15) is 4.79 Å². The minimum atomic E-state index is 0.0933. The molecule has 114 valence electrons. The lowest BCUT2D eigenvalue weighted by Crippen LogP contribution is -2.43. The van der Waals surface area contributed by atoms with Crippen LogP contribution in [0, 0.1) is 5.92 Å². The maximum Gasteiger partial charge on any atom is 0.317 e. The van der Waals surface area contributed by atoms with Gasteiger partial charge in [0.2, 0.25) is 0 Å². The third-order valence-electron chi connectivity index (χ3n) is 4.39. The Kier molecular flexibility index (Phi) is 4.63. The molecule has 1 saturated heterocycles. The van der Waals surface area contributed by atoms with Crippen LogP contribution in [0.15, 0.2) is 24.3 Å². The van der Waals surface area contributed by atoms with Crippen LogP contribution in [-0.4, -0.2) is 37.2 Å². The predicted octanol–water partition coefficient (Wildman–Crippen LogP) is 2.82. The Morgan fingerprint density at radius 2 is 1.95 bits per heavy atom. The third-order valence-corrected chi connectivity index (χ3v) is 4.39. The number of amides is 2. The van der Waals surface area contributed by atoms with Crippen LogP contribution in [0.4, 0.5) is 4.79 Å². The van der Waals surface area contributed by atoms with Crippen LogP contribution >= 0.6 is 0 Å². The zero-order valence-corrected chi connectivity index (χ0v) is 12.5. The lowest BCUT2D eigenvalue weighted by molar-refractivity contribution is 0.187. The van der Waals surface area contributed by atoms with Crippen LogP contribution in [0.2, 0.25) is 0 Å². The quantitative estimate of drug-likeness (QED) is 0.909. The average Bonchev–Trinajstić information content (AvgIpc) is 2.81. The van der Waals surface area contributed by atoms with E-state index in [-0.39, 0.29) is 6.03 Å².